The molecule has 4 atom stereocenters. The second-order valence-electron chi connectivity index (χ2n) is 10.8. The van der Waals surface area contributed by atoms with Crippen LogP contribution in [0.4, 0.5) is 0 Å². The lowest BCUT2D eigenvalue weighted by molar-refractivity contribution is -0.116. The van der Waals surface area contributed by atoms with E-state index in [9.17, 15) is 9.90 Å². The molecule has 2 heterocycles. The molecule has 0 unspecified atom stereocenters. The quantitative estimate of drug-likeness (QED) is 0.232. The number of aliphatic hydroxyl groups is 1. The highest BCUT2D eigenvalue weighted by atomic mass is 35.5. The van der Waals surface area contributed by atoms with Crippen LogP contribution in [0.5, 0.6) is 0 Å². The van der Waals surface area contributed by atoms with Gasteiger partial charge in [-0.05, 0) is 80.7 Å². The fraction of sp³-hybridized carbons (Fsp3) is 0.414. The summed E-state index contributed by atoms with van der Waals surface area (Å²) >= 11 is 14.5. The average molecular weight is 570 g/mol. The van der Waals surface area contributed by atoms with Gasteiger partial charge in [-0.25, -0.2) is 4.98 Å². The molecular weight excluding hydrogens is 543 g/mol. The number of carbonyl (C=O) groups is 1. The van der Waals surface area contributed by atoms with Crippen LogP contribution in [-0.4, -0.2) is 27.6 Å². The van der Waals surface area contributed by atoms with Gasteiger partial charge in [0.15, 0.2) is 0 Å². The van der Waals surface area contributed by atoms with Gasteiger partial charge < -0.3 is 14.4 Å². The highest BCUT2D eigenvalue weighted by Crippen LogP contribution is 2.57. The van der Waals surface area contributed by atoms with Crippen LogP contribution < -0.4 is 0 Å². The smallest absolute Gasteiger partial charge is 0.150 e. The van der Waals surface area contributed by atoms with Gasteiger partial charge in [-0.15, -0.1) is 11.3 Å². The molecule has 3 fully saturated rings. The molecule has 0 saturated heterocycles. The third-order valence-corrected chi connectivity index (χ3v) is 10.3. The third kappa shape index (κ3) is 4.02. The van der Waals surface area contributed by atoms with Crippen LogP contribution in [0.15, 0.2) is 40.9 Å². The maximum absolute atomic E-state index is 12.0. The predicted octanol–water partition coefficient (Wildman–Crippen LogP) is 7.54. The summed E-state index contributed by atoms with van der Waals surface area (Å²) in [7, 11) is 0. The van der Waals surface area contributed by atoms with E-state index in [0.717, 1.165) is 71.4 Å². The van der Waals surface area contributed by atoms with Crippen molar-refractivity contribution in [1.82, 2.24) is 10.1 Å². The van der Waals surface area contributed by atoms with Gasteiger partial charge in [0.1, 0.15) is 28.3 Å². The monoisotopic (exact) mass is 568 g/mol. The molecule has 196 valence electrons. The minimum absolute atomic E-state index is 0.0142. The molecule has 0 aliphatic heterocycles. The molecule has 3 saturated carbocycles. The molecule has 0 spiro atoms. The Labute approximate surface area is 233 Å². The first kappa shape index (κ1) is 24.7. The number of fused-ring (bicyclic) bond motifs is 3. The van der Waals surface area contributed by atoms with Gasteiger partial charge in [0, 0.05) is 22.6 Å². The largest absolute Gasteiger partial charge is 0.382 e. The predicted molar refractivity (Wildman–Crippen MR) is 147 cm³/mol. The van der Waals surface area contributed by atoms with E-state index in [-0.39, 0.29) is 17.9 Å². The van der Waals surface area contributed by atoms with E-state index in [2.05, 4.69) is 5.16 Å². The fourth-order valence-electron chi connectivity index (χ4n) is 6.42. The number of halogens is 2. The Kier molecular flexibility index (Phi) is 6.13. The van der Waals surface area contributed by atoms with Crippen molar-refractivity contribution in [3.63, 3.8) is 0 Å². The van der Waals surface area contributed by atoms with E-state index < -0.39 is 5.60 Å². The highest BCUT2D eigenvalue weighted by molar-refractivity contribution is 7.18. The van der Waals surface area contributed by atoms with E-state index in [1.54, 1.807) is 18.2 Å². The van der Waals surface area contributed by atoms with E-state index in [0.29, 0.717) is 39.4 Å². The molecular formula is C29H26Cl2N2O4S. The first-order valence-corrected chi connectivity index (χ1v) is 14.7. The van der Waals surface area contributed by atoms with Crippen molar-refractivity contribution >= 4 is 51.0 Å². The first-order valence-electron chi connectivity index (χ1n) is 13.1. The highest BCUT2D eigenvalue weighted by Gasteiger charge is 2.56. The summed E-state index contributed by atoms with van der Waals surface area (Å²) in [6, 6.07) is 10.9. The Bertz CT molecular complexity index is 1510. The number of nitrogens with zero attached hydrogens (tertiary/aromatic N) is 2. The van der Waals surface area contributed by atoms with Gasteiger partial charge in [-0.3, -0.25) is 4.79 Å². The molecule has 0 radical (unpaired) electrons. The van der Waals surface area contributed by atoms with Gasteiger partial charge in [-0.2, -0.15) is 0 Å². The molecule has 0 amide bonds. The standard InChI is InChI=1S/C29H26Cl2N2O4S/c30-21-2-1-3-22(31)25(21)26-20(27(37-33-26)16-5-6-16)14-36-19-11-17-7-8-18(12-19)29(17,35)28-32-23-9-4-15(13-34)10-24(23)38-28/h1-4,9-10,13,16-19,35H,5-8,11-12,14H2/t17-,18+,19+,29-. The Balaban J connectivity index is 1.13. The van der Waals surface area contributed by atoms with Gasteiger partial charge in [0.05, 0.1) is 33.0 Å². The summed E-state index contributed by atoms with van der Waals surface area (Å²) in [6.45, 7) is 0.365. The van der Waals surface area contributed by atoms with Crippen LogP contribution in [0.3, 0.4) is 0 Å². The summed E-state index contributed by atoms with van der Waals surface area (Å²) < 4.78 is 13.3. The number of hydrogen-bond donors (Lipinski definition) is 1. The van der Waals surface area contributed by atoms with Gasteiger partial charge in [0.2, 0.25) is 0 Å². The number of benzene rings is 2. The zero-order chi connectivity index (χ0) is 26.0. The number of carbonyl (C=O) groups excluding carboxylic acids is 1. The Morgan fingerprint density at radius 2 is 1.84 bits per heavy atom. The first-order chi connectivity index (χ1) is 18.5. The lowest BCUT2D eigenvalue weighted by atomic mass is 9.73. The lowest BCUT2D eigenvalue weighted by Gasteiger charge is -2.41. The number of thiazole rings is 1. The fourth-order valence-corrected chi connectivity index (χ4v) is 8.26. The van der Waals surface area contributed by atoms with E-state index >= 15 is 0 Å². The van der Waals surface area contributed by atoms with Crippen molar-refractivity contribution in [1.29, 1.82) is 0 Å². The summed E-state index contributed by atoms with van der Waals surface area (Å²) in [6.07, 6.45) is 6.41. The molecule has 2 bridgehead atoms. The maximum atomic E-state index is 12.0. The maximum Gasteiger partial charge on any atom is 0.150 e. The van der Waals surface area contributed by atoms with Crippen molar-refractivity contribution in [3.05, 3.63) is 68.3 Å². The number of ether oxygens (including phenoxy) is 1. The molecule has 3 aliphatic carbocycles. The molecule has 1 N–H and O–H groups in total. The van der Waals surface area contributed by atoms with Crippen molar-refractivity contribution in [2.75, 3.05) is 0 Å². The summed E-state index contributed by atoms with van der Waals surface area (Å²) in [5.74, 6) is 1.37. The Hall–Kier alpha value is -2.29. The topological polar surface area (TPSA) is 85.5 Å². The zero-order valence-corrected chi connectivity index (χ0v) is 22.9. The van der Waals surface area contributed by atoms with Crippen LogP contribution in [0.25, 0.3) is 21.5 Å². The number of hydrogen-bond acceptors (Lipinski definition) is 7. The van der Waals surface area contributed by atoms with Gasteiger partial charge >= 0.3 is 0 Å². The SMILES string of the molecule is O=Cc1ccc2nc([C@@]3(O)[C@@H]4CC[C@H]3C[C@@H](OCc3c(-c5c(Cl)cccc5Cl)noc3C3CC3)C4)sc2c1. The molecule has 9 heteroatoms. The third-order valence-electron chi connectivity index (χ3n) is 8.52. The Morgan fingerprint density at radius 3 is 2.53 bits per heavy atom. The molecule has 7 rings (SSSR count). The molecule has 6 nitrogen and oxygen atoms in total. The summed E-state index contributed by atoms with van der Waals surface area (Å²) in [4.78, 5) is 16.0. The van der Waals surface area contributed by atoms with Crippen LogP contribution in [-0.2, 0) is 16.9 Å². The van der Waals surface area contributed by atoms with Crippen molar-refractivity contribution < 1.29 is 19.2 Å². The molecule has 3 aliphatic rings. The molecule has 2 aromatic heterocycles. The number of aromatic nitrogens is 2. The second kappa shape index (κ2) is 9.42. The van der Waals surface area contributed by atoms with Gasteiger partial charge in [0.25, 0.3) is 0 Å². The summed E-state index contributed by atoms with van der Waals surface area (Å²) in [5, 5.41) is 18.2. The lowest BCUT2D eigenvalue weighted by Crippen LogP contribution is -2.44. The molecule has 4 aromatic rings. The average Bonchev–Trinajstić information content (AvgIpc) is 3.50. The summed E-state index contributed by atoms with van der Waals surface area (Å²) in [5.41, 5.74) is 2.74. The van der Waals surface area contributed by atoms with Crippen LogP contribution in [0.1, 0.15) is 71.1 Å². The van der Waals surface area contributed by atoms with E-state index in [1.807, 2.05) is 18.2 Å². The van der Waals surface area contributed by atoms with Crippen LogP contribution in [0, 0.1) is 11.8 Å². The normalized spacial score (nSPS) is 26.8. The number of aldehydes is 1. The molecule has 38 heavy (non-hydrogen) atoms. The van der Waals surface area contributed by atoms with Crippen molar-refractivity contribution in [2.24, 2.45) is 11.8 Å². The van der Waals surface area contributed by atoms with Crippen molar-refractivity contribution in [3.8, 4) is 11.3 Å². The van der Waals surface area contributed by atoms with Gasteiger partial charge in [-0.1, -0.05) is 34.4 Å². The number of rotatable bonds is 7. The zero-order valence-electron chi connectivity index (χ0n) is 20.5. The minimum Gasteiger partial charge on any atom is -0.382 e. The second-order valence-corrected chi connectivity index (χ2v) is 12.7. The van der Waals surface area contributed by atoms with Crippen LogP contribution in [0.2, 0.25) is 10.0 Å². The molecule has 2 aromatic carbocycles. The van der Waals surface area contributed by atoms with E-state index in [1.165, 1.54) is 11.3 Å². The van der Waals surface area contributed by atoms with E-state index in [4.69, 9.17) is 37.4 Å². The Morgan fingerprint density at radius 1 is 1.11 bits per heavy atom. The van der Waals surface area contributed by atoms with Crippen LogP contribution >= 0.6 is 34.5 Å². The van der Waals surface area contributed by atoms with Crippen molar-refractivity contribution in [2.45, 2.75) is 62.8 Å². The minimum atomic E-state index is -0.961.